The third kappa shape index (κ3) is 3.56. The van der Waals surface area contributed by atoms with Gasteiger partial charge in [0, 0.05) is 23.3 Å². The number of para-hydroxylation sites is 1. The number of nitrogens with zero attached hydrogens (tertiary/aromatic N) is 3. The Bertz CT molecular complexity index is 1270. The van der Waals surface area contributed by atoms with Crippen molar-refractivity contribution >= 4 is 22.4 Å². The lowest BCUT2D eigenvalue weighted by molar-refractivity contribution is -0.590. The topological polar surface area (TPSA) is 64.0 Å². The molecule has 2 aromatic heterocycles. The zero-order chi connectivity index (χ0) is 20.3. The second kappa shape index (κ2) is 7.85. The highest BCUT2D eigenvalue weighted by atomic mass is 19.1. The van der Waals surface area contributed by atoms with Gasteiger partial charge in [-0.1, -0.05) is 42.5 Å². The molecule has 3 heterocycles. The molecule has 2 N–H and O–H groups in total. The highest BCUT2D eigenvalue weighted by molar-refractivity contribution is 6.19. The van der Waals surface area contributed by atoms with Crippen LogP contribution >= 0.6 is 0 Å². The molecule has 0 unspecified atom stereocenters. The van der Waals surface area contributed by atoms with Crippen LogP contribution in [0.5, 0.6) is 0 Å². The molecule has 5 rings (SSSR count). The van der Waals surface area contributed by atoms with Crippen LogP contribution in [0.4, 0.5) is 4.39 Å². The number of quaternary nitrogens is 1. The second-order valence-corrected chi connectivity index (χ2v) is 6.90. The minimum atomic E-state index is -0.333. The number of nitrogens with two attached hydrogens (primary N) is 1. The molecule has 0 bridgehead atoms. The molecule has 0 saturated carbocycles. The van der Waals surface area contributed by atoms with Crippen molar-refractivity contribution in [2.45, 2.75) is 6.61 Å². The smallest absolute Gasteiger partial charge is 0.280 e. The highest BCUT2D eigenvalue weighted by Crippen LogP contribution is 2.25. The summed E-state index contributed by atoms with van der Waals surface area (Å²) in [4.78, 5) is 8.53. The lowest BCUT2D eigenvalue weighted by Crippen LogP contribution is -2.69. The molecule has 0 amide bonds. The van der Waals surface area contributed by atoms with Gasteiger partial charge >= 0.3 is 0 Å². The molecular formula is C24H18FN4O+. The summed E-state index contributed by atoms with van der Waals surface area (Å²) in [5.74, 6) is 0.244. The van der Waals surface area contributed by atoms with Crippen LogP contribution in [0.1, 0.15) is 11.1 Å². The number of hydrogen-bond donors (Lipinski definition) is 1. The number of hydrogen-bond acceptors (Lipinski definition) is 4. The summed E-state index contributed by atoms with van der Waals surface area (Å²) in [5.41, 5.74) is 6.46. The Morgan fingerprint density at radius 1 is 0.900 bits per heavy atom. The van der Waals surface area contributed by atoms with E-state index in [4.69, 9.17) is 4.74 Å². The Kier molecular flexibility index (Phi) is 4.75. The molecule has 2 aromatic carbocycles. The fourth-order valence-corrected chi connectivity index (χ4v) is 3.39. The van der Waals surface area contributed by atoms with E-state index in [2.05, 4.69) is 15.1 Å². The third-order valence-electron chi connectivity index (χ3n) is 4.94. The number of pyridine rings is 2. The van der Waals surface area contributed by atoms with Crippen molar-refractivity contribution < 1.29 is 14.6 Å². The fraction of sp³-hybridized carbons (Fsp3) is 0.0417. The van der Waals surface area contributed by atoms with Gasteiger partial charge in [0.05, 0.1) is 5.52 Å². The predicted octanol–water partition coefficient (Wildman–Crippen LogP) is 3.88. The van der Waals surface area contributed by atoms with Crippen molar-refractivity contribution in [3.63, 3.8) is 0 Å². The van der Waals surface area contributed by atoms with Gasteiger partial charge < -0.3 is 4.74 Å². The largest absolute Gasteiger partial charge is 0.469 e. The zero-order valence-corrected chi connectivity index (χ0v) is 16.0. The number of rotatable bonds is 4. The van der Waals surface area contributed by atoms with Crippen LogP contribution in [-0.4, -0.2) is 15.9 Å². The Morgan fingerprint density at radius 2 is 1.70 bits per heavy atom. The molecule has 1 aliphatic heterocycles. The van der Waals surface area contributed by atoms with Gasteiger partial charge in [-0.3, -0.25) is 4.98 Å². The van der Waals surface area contributed by atoms with Crippen LogP contribution in [0.15, 0.2) is 90.4 Å². The first-order chi connectivity index (χ1) is 14.8. The summed E-state index contributed by atoms with van der Waals surface area (Å²) in [7, 11) is 0. The van der Waals surface area contributed by atoms with Crippen molar-refractivity contribution in [3.8, 4) is 11.3 Å². The average molecular weight is 397 g/mol. The van der Waals surface area contributed by atoms with Crippen LogP contribution in [0.3, 0.4) is 0 Å². The van der Waals surface area contributed by atoms with Crippen LogP contribution in [-0.2, 0) is 11.3 Å². The maximum absolute atomic E-state index is 14.5. The van der Waals surface area contributed by atoms with Crippen molar-refractivity contribution in [3.05, 3.63) is 102 Å². The van der Waals surface area contributed by atoms with Gasteiger partial charge in [0.25, 0.3) is 5.90 Å². The lowest BCUT2D eigenvalue weighted by Gasteiger charge is -2.09. The van der Waals surface area contributed by atoms with Crippen LogP contribution in [0.25, 0.3) is 27.7 Å². The fourth-order valence-electron chi connectivity index (χ4n) is 3.39. The molecule has 0 fully saturated rings. The first kappa shape index (κ1) is 18.1. The van der Waals surface area contributed by atoms with Gasteiger partial charge in [0.2, 0.25) is 0 Å². The van der Waals surface area contributed by atoms with Crippen molar-refractivity contribution in [2.24, 2.45) is 5.10 Å². The van der Waals surface area contributed by atoms with E-state index in [1.165, 1.54) is 6.07 Å². The first-order valence-electron chi connectivity index (χ1n) is 9.57. The second-order valence-electron chi connectivity index (χ2n) is 6.90. The number of fused-ring (bicyclic) bond motifs is 1. The third-order valence-corrected chi connectivity index (χ3v) is 4.94. The van der Waals surface area contributed by atoms with Gasteiger partial charge in [-0.2, -0.15) is 5.43 Å². The van der Waals surface area contributed by atoms with Gasteiger partial charge in [0.1, 0.15) is 29.9 Å². The summed E-state index contributed by atoms with van der Waals surface area (Å²) >= 11 is 0. The number of benzene rings is 2. The number of halogens is 1. The zero-order valence-electron chi connectivity index (χ0n) is 16.0. The average Bonchev–Trinajstić information content (AvgIpc) is 3.27. The molecular weight excluding hydrogens is 379 g/mol. The van der Waals surface area contributed by atoms with Crippen molar-refractivity contribution in [1.82, 2.24) is 9.97 Å². The molecule has 146 valence electrons. The van der Waals surface area contributed by atoms with Crippen LogP contribution in [0, 0.1) is 5.82 Å². The Hall–Kier alpha value is -3.90. The van der Waals surface area contributed by atoms with Crippen LogP contribution in [0.2, 0.25) is 0 Å². The summed E-state index contributed by atoms with van der Waals surface area (Å²) < 4.78 is 20.5. The molecule has 0 aliphatic carbocycles. The van der Waals surface area contributed by atoms with E-state index in [1.54, 1.807) is 17.8 Å². The van der Waals surface area contributed by atoms with Gasteiger partial charge in [-0.05, 0) is 40.5 Å². The van der Waals surface area contributed by atoms with E-state index in [1.807, 2.05) is 66.9 Å². The predicted molar refractivity (Wildman–Crippen MR) is 114 cm³/mol. The summed E-state index contributed by atoms with van der Waals surface area (Å²) in [5, 5.41) is 5.10. The van der Waals surface area contributed by atoms with Gasteiger partial charge in [-0.25, -0.2) is 9.37 Å². The minimum Gasteiger partial charge on any atom is -0.469 e. The molecule has 0 atom stereocenters. The molecule has 0 saturated heterocycles. The number of ether oxygens (including phenoxy) is 1. The van der Waals surface area contributed by atoms with E-state index in [0.717, 1.165) is 33.2 Å². The number of aromatic nitrogens is 2. The summed E-state index contributed by atoms with van der Waals surface area (Å²) in [6, 6.07) is 20.4. The van der Waals surface area contributed by atoms with E-state index in [-0.39, 0.29) is 5.82 Å². The first-order valence-corrected chi connectivity index (χ1v) is 9.57. The standard InChI is InChI=1S/C24H17FN4O/c25-21-13-19-3-1-2-4-22(19)28-23(21)18-7-5-16(6-8-18)15-30-24-20(14-27-29-24)17-9-11-26-12-10-17/h1-14H,15H2,(H,27,29)/p+1. The van der Waals surface area contributed by atoms with Gasteiger partial charge in [0.15, 0.2) is 0 Å². The summed E-state index contributed by atoms with van der Waals surface area (Å²) in [6.45, 7) is 0.364. The molecule has 0 radical (unpaired) electrons. The van der Waals surface area contributed by atoms with E-state index in [9.17, 15) is 4.39 Å². The van der Waals surface area contributed by atoms with Crippen LogP contribution < -0.4 is 5.43 Å². The maximum Gasteiger partial charge on any atom is 0.280 e. The quantitative estimate of drug-likeness (QED) is 0.532. The molecule has 4 aromatic rings. The molecule has 5 nitrogen and oxygen atoms in total. The molecule has 30 heavy (non-hydrogen) atoms. The maximum atomic E-state index is 14.5. The van der Waals surface area contributed by atoms with E-state index < -0.39 is 0 Å². The van der Waals surface area contributed by atoms with Crippen molar-refractivity contribution in [1.29, 1.82) is 0 Å². The molecule has 6 heteroatoms. The normalized spacial score (nSPS) is 13.2. The van der Waals surface area contributed by atoms with Gasteiger partial charge in [-0.15, -0.1) is 0 Å². The Labute approximate surface area is 172 Å². The Balaban J connectivity index is 1.32. The minimum absolute atomic E-state index is 0.333. The monoisotopic (exact) mass is 397 g/mol. The van der Waals surface area contributed by atoms with Crippen molar-refractivity contribution in [2.75, 3.05) is 0 Å². The molecule has 1 aliphatic rings. The Morgan fingerprint density at radius 3 is 2.53 bits per heavy atom. The highest BCUT2D eigenvalue weighted by Gasteiger charge is 2.20. The molecule has 0 spiro atoms. The van der Waals surface area contributed by atoms with E-state index in [0.29, 0.717) is 18.2 Å². The SMILES string of the molecule is Fc1cc2ccccc2nc1-c1ccc(COC2=N[NH2+]C=C2c2ccncc2)cc1. The van der Waals surface area contributed by atoms with E-state index >= 15 is 0 Å². The summed E-state index contributed by atoms with van der Waals surface area (Å²) in [6.07, 6.45) is 5.40. The lowest BCUT2D eigenvalue weighted by atomic mass is 10.1.